The molecule has 0 amide bonds. The summed E-state index contributed by atoms with van der Waals surface area (Å²) in [4.78, 5) is 2.90. The number of rotatable bonds is 3. The fraction of sp³-hybridized carbons (Fsp3) is 1.00. The van der Waals surface area contributed by atoms with Gasteiger partial charge in [0.05, 0.1) is 6.10 Å². The molecule has 0 radical (unpaired) electrons. The lowest BCUT2D eigenvalue weighted by molar-refractivity contribution is 0.0665. The lowest BCUT2D eigenvalue weighted by Gasteiger charge is -2.36. The summed E-state index contributed by atoms with van der Waals surface area (Å²) in [6, 6.07) is 1.07. The van der Waals surface area contributed by atoms with E-state index in [9.17, 15) is 5.11 Å². The summed E-state index contributed by atoms with van der Waals surface area (Å²) in [6.07, 6.45) is 2.52. The van der Waals surface area contributed by atoms with Crippen LogP contribution in [0.2, 0.25) is 25.7 Å². The van der Waals surface area contributed by atoms with Crippen molar-refractivity contribution in [1.82, 2.24) is 0 Å². The number of nitrogens with zero attached hydrogens (tertiary/aromatic N) is 3. The third-order valence-corrected chi connectivity index (χ3v) is 4.73. The highest BCUT2D eigenvalue weighted by Crippen LogP contribution is 2.33. The van der Waals surface area contributed by atoms with E-state index >= 15 is 0 Å². The van der Waals surface area contributed by atoms with E-state index < -0.39 is 8.07 Å². The zero-order chi connectivity index (χ0) is 11.5. The summed E-state index contributed by atoms with van der Waals surface area (Å²) in [5.41, 5.74) is 8.51. The number of hydrogen-bond donors (Lipinski definition) is 1. The zero-order valence-corrected chi connectivity index (χ0v) is 10.8. The predicted octanol–water partition coefficient (Wildman–Crippen LogP) is 3.16. The van der Waals surface area contributed by atoms with Crippen LogP contribution in [0.4, 0.5) is 0 Å². The smallest absolute Gasteiger partial charge is 0.0569 e. The molecule has 4 nitrogen and oxygen atoms in total. The molecule has 1 N–H and O–H groups in total. The first-order valence-corrected chi connectivity index (χ1v) is 9.37. The van der Waals surface area contributed by atoms with Crippen molar-refractivity contribution in [3.63, 3.8) is 0 Å². The van der Waals surface area contributed by atoms with Gasteiger partial charge in [0.15, 0.2) is 0 Å². The van der Waals surface area contributed by atoms with Gasteiger partial charge in [-0.2, -0.15) is 0 Å². The minimum Gasteiger partial charge on any atom is -0.393 e. The van der Waals surface area contributed by atoms with Gasteiger partial charge in [-0.15, -0.1) is 0 Å². The molecule has 0 heterocycles. The second kappa shape index (κ2) is 5.01. The molecule has 1 saturated carbocycles. The highest BCUT2D eigenvalue weighted by molar-refractivity contribution is 6.76. The third kappa shape index (κ3) is 3.85. The van der Waals surface area contributed by atoms with Gasteiger partial charge in [-0.25, -0.2) is 0 Å². The summed E-state index contributed by atoms with van der Waals surface area (Å²) < 4.78 is 0. The molecule has 1 rings (SSSR count). The third-order valence-electron chi connectivity index (χ3n) is 3.04. The molecule has 0 bridgehead atoms. The molecule has 1 aliphatic carbocycles. The molecule has 0 spiro atoms. The first kappa shape index (κ1) is 12.6. The van der Waals surface area contributed by atoms with Crippen molar-refractivity contribution < 1.29 is 5.11 Å². The highest BCUT2D eigenvalue weighted by Gasteiger charge is 2.34. The maximum atomic E-state index is 9.97. The largest absolute Gasteiger partial charge is 0.393 e. The second-order valence-corrected chi connectivity index (χ2v) is 11.2. The molecule has 86 valence electrons. The maximum Gasteiger partial charge on any atom is 0.0569 e. The van der Waals surface area contributed by atoms with E-state index in [1.807, 2.05) is 0 Å². The van der Waals surface area contributed by atoms with Crippen molar-refractivity contribution in [2.45, 2.75) is 57.1 Å². The Morgan fingerprint density at radius 1 is 1.40 bits per heavy atom. The van der Waals surface area contributed by atoms with Gasteiger partial charge in [0.25, 0.3) is 0 Å². The minimum absolute atomic E-state index is 0.0190. The lowest BCUT2D eigenvalue weighted by Crippen LogP contribution is -2.39. The van der Waals surface area contributed by atoms with Crippen LogP contribution >= 0.6 is 0 Å². The van der Waals surface area contributed by atoms with E-state index in [2.05, 4.69) is 29.7 Å². The van der Waals surface area contributed by atoms with Crippen molar-refractivity contribution in [1.29, 1.82) is 0 Å². The van der Waals surface area contributed by atoms with Crippen molar-refractivity contribution in [3.8, 4) is 0 Å². The first-order valence-electron chi connectivity index (χ1n) is 5.66. The van der Waals surface area contributed by atoms with Gasteiger partial charge >= 0.3 is 0 Å². The van der Waals surface area contributed by atoms with Crippen LogP contribution in [0.25, 0.3) is 10.4 Å². The summed E-state index contributed by atoms with van der Waals surface area (Å²) in [6.45, 7) is 6.88. The van der Waals surface area contributed by atoms with Crippen LogP contribution in [0.1, 0.15) is 19.3 Å². The molecule has 3 atom stereocenters. The van der Waals surface area contributed by atoms with Gasteiger partial charge in [-0.1, -0.05) is 37.2 Å². The number of hydrogen-bond acceptors (Lipinski definition) is 2. The Balaban J connectivity index is 2.72. The molecule has 0 aromatic rings. The Morgan fingerprint density at radius 2 is 2.07 bits per heavy atom. The van der Waals surface area contributed by atoms with E-state index in [1.54, 1.807) is 0 Å². The SMILES string of the molecule is C[Si](C)(C)C[C@@H]1C(N=[N+]=[N-])CCC[C@@H]1O. The van der Waals surface area contributed by atoms with E-state index in [0.717, 1.165) is 25.3 Å². The van der Waals surface area contributed by atoms with Crippen molar-refractivity contribution >= 4 is 8.07 Å². The lowest BCUT2D eigenvalue weighted by atomic mass is 9.84. The molecule has 1 fully saturated rings. The molecule has 5 heteroatoms. The van der Waals surface area contributed by atoms with Crippen LogP contribution in [0.3, 0.4) is 0 Å². The van der Waals surface area contributed by atoms with E-state index in [0.29, 0.717) is 0 Å². The number of azide groups is 1. The molecule has 1 unspecified atom stereocenters. The second-order valence-electron chi connectivity index (χ2n) is 5.70. The monoisotopic (exact) mass is 227 g/mol. The Morgan fingerprint density at radius 3 is 2.60 bits per heavy atom. The Kier molecular flexibility index (Phi) is 4.19. The van der Waals surface area contributed by atoms with Crippen LogP contribution in [-0.2, 0) is 0 Å². The molecule has 1 aliphatic rings. The average molecular weight is 227 g/mol. The van der Waals surface area contributed by atoms with Gasteiger partial charge in [0.1, 0.15) is 0 Å². The van der Waals surface area contributed by atoms with Crippen molar-refractivity contribution in [3.05, 3.63) is 10.4 Å². The predicted molar refractivity (Wildman–Crippen MR) is 64.4 cm³/mol. The molecular formula is C10H21N3OSi. The molecule has 0 aromatic carbocycles. The van der Waals surface area contributed by atoms with Gasteiger partial charge in [0, 0.05) is 19.0 Å². The highest BCUT2D eigenvalue weighted by atomic mass is 28.3. The first-order chi connectivity index (χ1) is 6.94. The topological polar surface area (TPSA) is 69.0 Å². The van der Waals surface area contributed by atoms with Crippen LogP contribution < -0.4 is 0 Å². The van der Waals surface area contributed by atoms with Crippen LogP contribution in [0, 0.1) is 5.92 Å². The van der Waals surface area contributed by atoms with Crippen molar-refractivity contribution in [2.24, 2.45) is 11.0 Å². The Labute approximate surface area is 92.3 Å². The van der Waals surface area contributed by atoms with Crippen LogP contribution in [0.15, 0.2) is 5.11 Å². The summed E-state index contributed by atoms with van der Waals surface area (Å²) >= 11 is 0. The number of aliphatic hydroxyl groups excluding tert-OH is 1. The van der Waals surface area contributed by atoms with Crippen LogP contribution in [-0.4, -0.2) is 25.3 Å². The Bertz CT molecular complexity index is 258. The molecular weight excluding hydrogens is 206 g/mol. The molecule has 15 heavy (non-hydrogen) atoms. The normalized spacial score (nSPS) is 32.1. The standard InChI is InChI=1S/C10H21N3OSi/c1-15(2,3)7-8-9(12-13-11)5-4-6-10(8)14/h8-10,14H,4-7H2,1-3H3/t8-,9?,10+/m1/s1. The van der Waals surface area contributed by atoms with Crippen molar-refractivity contribution in [2.75, 3.05) is 0 Å². The number of aliphatic hydroxyl groups is 1. The Hall–Kier alpha value is -0.513. The zero-order valence-electron chi connectivity index (χ0n) is 9.85. The fourth-order valence-electron chi connectivity index (χ4n) is 2.41. The molecule has 0 aliphatic heterocycles. The van der Waals surface area contributed by atoms with Gasteiger partial charge < -0.3 is 5.11 Å². The van der Waals surface area contributed by atoms with Gasteiger partial charge in [-0.3, -0.25) is 0 Å². The summed E-state index contributed by atoms with van der Waals surface area (Å²) in [5.74, 6) is 0.196. The van der Waals surface area contributed by atoms with E-state index in [-0.39, 0.29) is 18.1 Å². The van der Waals surface area contributed by atoms with Gasteiger partial charge in [-0.05, 0) is 24.3 Å². The average Bonchev–Trinajstić information content (AvgIpc) is 2.10. The summed E-state index contributed by atoms with van der Waals surface area (Å²) in [5, 5.41) is 13.8. The van der Waals surface area contributed by atoms with E-state index in [4.69, 9.17) is 5.53 Å². The minimum atomic E-state index is -1.20. The van der Waals surface area contributed by atoms with Gasteiger partial charge in [0.2, 0.25) is 0 Å². The van der Waals surface area contributed by atoms with E-state index in [1.165, 1.54) is 0 Å². The quantitative estimate of drug-likeness (QED) is 0.342. The molecule has 0 aromatic heterocycles. The van der Waals surface area contributed by atoms with Crippen LogP contribution in [0.5, 0.6) is 0 Å². The fourth-order valence-corrected chi connectivity index (χ4v) is 4.37. The maximum absolute atomic E-state index is 9.97. The summed E-state index contributed by atoms with van der Waals surface area (Å²) in [7, 11) is -1.20. The molecule has 0 saturated heterocycles.